The molecule has 2 aromatic carbocycles. The Hall–Kier alpha value is -3.45. The Morgan fingerprint density at radius 1 is 1.22 bits per heavy atom. The van der Waals surface area contributed by atoms with E-state index in [0.717, 1.165) is 17.0 Å². The number of nitrogens with one attached hydrogen (secondary N) is 1. The second-order valence-electron chi connectivity index (χ2n) is 5.56. The van der Waals surface area contributed by atoms with Crippen molar-refractivity contribution >= 4 is 29.1 Å². The van der Waals surface area contributed by atoms with Crippen LogP contribution in [0.5, 0.6) is 5.75 Å². The second-order valence-corrected chi connectivity index (χ2v) is 5.97. The number of aromatic amines is 1. The molecule has 3 rings (SSSR count). The average Bonchev–Trinajstić information content (AvgIpc) is 3.14. The van der Waals surface area contributed by atoms with Gasteiger partial charge in [0.15, 0.2) is 5.78 Å². The summed E-state index contributed by atoms with van der Waals surface area (Å²) < 4.78 is 5.12. The SMILES string of the molecule is COc1ccc(-c2cc(C=CC(=O)c3ccc([N+](=O)[O-])c(Cl)c3)[nH]n2)cc1. The molecule has 0 saturated heterocycles. The van der Waals surface area contributed by atoms with Crippen molar-refractivity contribution in [1.29, 1.82) is 0 Å². The van der Waals surface area contributed by atoms with Gasteiger partial charge in [0.25, 0.3) is 5.69 Å². The van der Waals surface area contributed by atoms with Gasteiger partial charge >= 0.3 is 0 Å². The third-order valence-electron chi connectivity index (χ3n) is 3.83. The highest BCUT2D eigenvalue weighted by Crippen LogP contribution is 2.25. The topological polar surface area (TPSA) is 98.1 Å². The maximum atomic E-state index is 12.2. The average molecular weight is 384 g/mol. The summed E-state index contributed by atoms with van der Waals surface area (Å²) in [6, 6.07) is 13.1. The number of halogens is 1. The number of nitrogens with zero attached hydrogens (tertiary/aromatic N) is 2. The van der Waals surface area contributed by atoms with Crippen LogP contribution in [-0.2, 0) is 0 Å². The number of benzene rings is 2. The lowest BCUT2D eigenvalue weighted by Crippen LogP contribution is -1.96. The van der Waals surface area contributed by atoms with Crippen LogP contribution in [0.25, 0.3) is 17.3 Å². The number of methoxy groups -OCH3 is 1. The van der Waals surface area contributed by atoms with E-state index in [-0.39, 0.29) is 22.1 Å². The first-order valence-corrected chi connectivity index (χ1v) is 8.22. The molecule has 0 aliphatic rings. The summed E-state index contributed by atoms with van der Waals surface area (Å²) in [5, 5.41) is 17.7. The minimum atomic E-state index is -0.599. The van der Waals surface area contributed by atoms with Crippen LogP contribution in [-0.4, -0.2) is 28.0 Å². The van der Waals surface area contributed by atoms with Crippen LogP contribution in [0.15, 0.2) is 54.6 Å². The molecule has 1 heterocycles. The number of H-pyrrole nitrogens is 1. The maximum absolute atomic E-state index is 12.2. The van der Waals surface area contributed by atoms with Gasteiger partial charge in [-0.15, -0.1) is 0 Å². The molecule has 136 valence electrons. The van der Waals surface area contributed by atoms with Crippen molar-refractivity contribution in [3.05, 3.63) is 81.0 Å². The lowest BCUT2D eigenvalue weighted by molar-refractivity contribution is -0.384. The highest BCUT2D eigenvalue weighted by atomic mass is 35.5. The third-order valence-corrected chi connectivity index (χ3v) is 4.13. The molecular weight excluding hydrogens is 370 g/mol. The van der Waals surface area contributed by atoms with E-state index in [1.54, 1.807) is 19.3 Å². The van der Waals surface area contributed by atoms with Gasteiger partial charge in [0, 0.05) is 17.2 Å². The Bertz CT molecular complexity index is 1030. The number of nitro groups is 1. The Morgan fingerprint density at radius 2 is 1.96 bits per heavy atom. The Labute approximate surface area is 159 Å². The van der Waals surface area contributed by atoms with E-state index in [2.05, 4.69) is 10.2 Å². The standard InChI is InChI=1S/C19H14ClN3O4/c1-27-15-6-2-12(3-7-15)17-11-14(21-22-17)5-9-19(24)13-4-8-18(23(25)26)16(20)10-13/h2-11H,1H3,(H,21,22). The number of rotatable bonds is 6. The third kappa shape index (κ3) is 4.21. The van der Waals surface area contributed by atoms with Gasteiger partial charge < -0.3 is 4.74 Å². The van der Waals surface area contributed by atoms with Gasteiger partial charge in [0.2, 0.25) is 0 Å². The van der Waals surface area contributed by atoms with Crippen molar-refractivity contribution < 1.29 is 14.5 Å². The molecule has 0 radical (unpaired) electrons. The van der Waals surface area contributed by atoms with Crippen molar-refractivity contribution in [2.75, 3.05) is 7.11 Å². The van der Waals surface area contributed by atoms with E-state index in [4.69, 9.17) is 16.3 Å². The fourth-order valence-electron chi connectivity index (χ4n) is 2.40. The first-order chi connectivity index (χ1) is 13.0. The largest absolute Gasteiger partial charge is 0.497 e. The van der Waals surface area contributed by atoms with Crippen molar-refractivity contribution in [3.63, 3.8) is 0 Å². The summed E-state index contributed by atoms with van der Waals surface area (Å²) in [5.74, 6) is 0.425. The number of allylic oxidation sites excluding steroid dienone is 1. The summed E-state index contributed by atoms with van der Waals surface area (Å²) in [7, 11) is 1.60. The van der Waals surface area contributed by atoms with Crippen LogP contribution in [0.1, 0.15) is 16.1 Å². The van der Waals surface area contributed by atoms with Gasteiger partial charge in [-0.1, -0.05) is 11.6 Å². The molecule has 0 unspecified atom stereocenters. The molecule has 0 bridgehead atoms. The molecule has 1 aromatic heterocycles. The maximum Gasteiger partial charge on any atom is 0.287 e. The van der Waals surface area contributed by atoms with Gasteiger partial charge in [0.1, 0.15) is 10.8 Å². The van der Waals surface area contributed by atoms with E-state index in [1.807, 2.05) is 24.3 Å². The van der Waals surface area contributed by atoms with Crippen LogP contribution in [0.2, 0.25) is 5.02 Å². The first kappa shape index (κ1) is 18.3. The Morgan fingerprint density at radius 3 is 2.59 bits per heavy atom. The number of ether oxygens (including phenoxy) is 1. The molecule has 0 atom stereocenters. The highest BCUT2D eigenvalue weighted by Gasteiger charge is 2.14. The van der Waals surface area contributed by atoms with Crippen LogP contribution in [0, 0.1) is 10.1 Å². The zero-order valence-corrected chi connectivity index (χ0v) is 14.9. The number of hydrogen-bond donors (Lipinski definition) is 1. The second kappa shape index (κ2) is 7.84. The van der Waals surface area contributed by atoms with Crippen LogP contribution < -0.4 is 4.74 Å². The van der Waals surface area contributed by atoms with E-state index >= 15 is 0 Å². The normalized spacial score (nSPS) is 10.9. The molecule has 0 amide bonds. The molecule has 3 aromatic rings. The summed E-state index contributed by atoms with van der Waals surface area (Å²) in [4.78, 5) is 22.4. The molecule has 0 aliphatic carbocycles. The van der Waals surface area contributed by atoms with Crippen molar-refractivity contribution in [3.8, 4) is 17.0 Å². The number of hydrogen-bond acceptors (Lipinski definition) is 5. The van der Waals surface area contributed by atoms with E-state index in [9.17, 15) is 14.9 Å². The number of ketones is 1. The number of carbonyl (C=O) groups excluding carboxylic acids is 1. The molecule has 0 spiro atoms. The molecule has 0 saturated carbocycles. The Balaban J connectivity index is 1.74. The summed E-state index contributed by atoms with van der Waals surface area (Å²) in [5.41, 5.74) is 2.29. The van der Waals surface area contributed by atoms with Gasteiger partial charge in [-0.25, -0.2) is 0 Å². The molecule has 0 fully saturated rings. The minimum Gasteiger partial charge on any atom is -0.497 e. The minimum absolute atomic E-state index is 0.0809. The fraction of sp³-hybridized carbons (Fsp3) is 0.0526. The molecule has 8 heteroatoms. The lowest BCUT2D eigenvalue weighted by Gasteiger charge is -1.99. The van der Waals surface area contributed by atoms with Gasteiger partial charge in [-0.3, -0.25) is 20.0 Å². The van der Waals surface area contributed by atoms with Gasteiger partial charge in [0.05, 0.1) is 23.4 Å². The first-order valence-electron chi connectivity index (χ1n) is 7.84. The molecular formula is C19H14ClN3O4. The summed E-state index contributed by atoms with van der Waals surface area (Å²) in [6.45, 7) is 0. The van der Waals surface area contributed by atoms with Crippen LogP contribution in [0.3, 0.4) is 0 Å². The summed E-state index contributed by atoms with van der Waals surface area (Å²) >= 11 is 5.84. The molecule has 7 nitrogen and oxygen atoms in total. The van der Waals surface area contributed by atoms with Crippen molar-refractivity contribution in [2.45, 2.75) is 0 Å². The zero-order valence-electron chi connectivity index (χ0n) is 14.2. The molecule has 1 N–H and O–H groups in total. The van der Waals surface area contributed by atoms with Gasteiger partial charge in [-0.2, -0.15) is 5.10 Å². The highest BCUT2D eigenvalue weighted by molar-refractivity contribution is 6.33. The van der Waals surface area contributed by atoms with Crippen LogP contribution in [0.4, 0.5) is 5.69 Å². The van der Waals surface area contributed by atoms with E-state index in [0.29, 0.717) is 5.69 Å². The van der Waals surface area contributed by atoms with E-state index in [1.165, 1.54) is 24.3 Å². The monoisotopic (exact) mass is 383 g/mol. The zero-order chi connectivity index (χ0) is 19.4. The quantitative estimate of drug-likeness (QED) is 0.291. The summed E-state index contributed by atoms with van der Waals surface area (Å²) in [6.07, 6.45) is 2.93. The predicted molar refractivity (Wildman–Crippen MR) is 102 cm³/mol. The number of carbonyl (C=O) groups is 1. The lowest BCUT2D eigenvalue weighted by atomic mass is 10.1. The van der Waals surface area contributed by atoms with Crippen molar-refractivity contribution in [2.24, 2.45) is 0 Å². The van der Waals surface area contributed by atoms with Crippen molar-refractivity contribution in [1.82, 2.24) is 10.2 Å². The smallest absolute Gasteiger partial charge is 0.287 e. The van der Waals surface area contributed by atoms with Crippen LogP contribution >= 0.6 is 11.6 Å². The number of aromatic nitrogens is 2. The van der Waals surface area contributed by atoms with Gasteiger partial charge in [-0.05, 0) is 54.6 Å². The van der Waals surface area contributed by atoms with E-state index < -0.39 is 4.92 Å². The molecule has 0 aliphatic heterocycles. The fourth-order valence-corrected chi connectivity index (χ4v) is 2.65. The Kier molecular flexibility index (Phi) is 5.33. The molecule has 27 heavy (non-hydrogen) atoms. The number of nitro benzene ring substituents is 1. The predicted octanol–water partition coefficient (Wildman–Crippen LogP) is 4.54.